The highest BCUT2D eigenvalue weighted by Crippen LogP contribution is 2.46. The van der Waals surface area contributed by atoms with Gasteiger partial charge in [0.2, 0.25) is 0 Å². The number of hydrogen-bond acceptors (Lipinski definition) is 3. The van der Waals surface area contributed by atoms with Crippen molar-refractivity contribution >= 4 is 11.6 Å². The fourth-order valence-electron chi connectivity index (χ4n) is 3.99. The van der Waals surface area contributed by atoms with Crippen molar-refractivity contribution in [1.82, 2.24) is 4.90 Å². The molecule has 23 heavy (non-hydrogen) atoms. The minimum absolute atomic E-state index is 0.302. The highest BCUT2D eigenvalue weighted by atomic mass is 35.5. The molecule has 2 aromatic rings. The third-order valence-corrected chi connectivity index (χ3v) is 5.46. The summed E-state index contributed by atoms with van der Waals surface area (Å²) in [7, 11) is 3.42. The SMILES string of the molecule is COc1ccc2c(c1OC)C1Cc3c(Cl)cccc3CN1CC2. The van der Waals surface area contributed by atoms with Crippen molar-refractivity contribution < 1.29 is 9.47 Å². The van der Waals surface area contributed by atoms with Gasteiger partial charge >= 0.3 is 0 Å². The van der Waals surface area contributed by atoms with Gasteiger partial charge in [-0.05, 0) is 41.7 Å². The summed E-state index contributed by atoms with van der Waals surface area (Å²) in [4.78, 5) is 2.53. The summed E-state index contributed by atoms with van der Waals surface area (Å²) in [6, 6.07) is 10.7. The Bertz CT molecular complexity index is 759. The Morgan fingerprint density at radius 3 is 2.74 bits per heavy atom. The van der Waals surface area contributed by atoms with Crippen LogP contribution in [0.25, 0.3) is 0 Å². The highest BCUT2D eigenvalue weighted by molar-refractivity contribution is 6.31. The summed E-state index contributed by atoms with van der Waals surface area (Å²) in [5.74, 6) is 1.67. The van der Waals surface area contributed by atoms with E-state index in [2.05, 4.69) is 17.0 Å². The zero-order valence-electron chi connectivity index (χ0n) is 13.4. The molecule has 1 atom stereocenters. The van der Waals surface area contributed by atoms with E-state index in [1.165, 1.54) is 22.3 Å². The van der Waals surface area contributed by atoms with Crippen molar-refractivity contribution in [3.63, 3.8) is 0 Å². The van der Waals surface area contributed by atoms with E-state index in [-0.39, 0.29) is 0 Å². The van der Waals surface area contributed by atoms with Gasteiger partial charge < -0.3 is 9.47 Å². The van der Waals surface area contributed by atoms with Gasteiger partial charge in [-0.2, -0.15) is 0 Å². The van der Waals surface area contributed by atoms with Crippen LogP contribution in [0.1, 0.15) is 28.3 Å². The molecule has 0 bridgehead atoms. The van der Waals surface area contributed by atoms with Crippen LogP contribution in [0.15, 0.2) is 30.3 Å². The molecule has 2 aliphatic rings. The zero-order valence-corrected chi connectivity index (χ0v) is 14.2. The third kappa shape index (κ3) is 2.30. The molecule has 2 heterocycles. The number of fused-ring (bicyclic) bond motifs is 4. The second-order valence-corrected chi connectivity index (χ2v) is 6.60. The number of nitrogens with zero attached hydrogens (tertiary/aromatic N) is 1. The van der Waals surface area contributed by atoms with Crippen LogP contribution in [0.5, 0.6) is 11.5 Å². The summed E-state index contributed by atoms with van der Waals surface area (Å²) in [6.07, 6.45) is 1.97. The fraction of sp³-hybridized carbons (Fsp3) is 0.368. The van der Waals surface area contributed by atoms with Crippen LogP contribution in [-0.4, -0.2) is 25.7 Å². The number of rotatable bonds is 2. The minimum atomic E-state index is 0.302. The minimum Gasteiger partial charge on any atom is -0.493 e. The monoisotopic (exact) mass is 329 g/mol. The lowest BCUT2D eigenvalue weighted by molar-refractivity contribution is 0.156. The molecule has 3 nitrogen and oxygen atoms in total. The molecule has 120 valence electrons. The lowest BCUT2D eigenvalue weighted by Crippen LogP contribution is -2.39. The van der Waals surface area contributed by atoms with E-state index >= 15 is 0 Å². The van der Waals surface area contributed by atoms with Gasteiger partial charge in [0.1, 0.15) is 0 Å². The van der Waals surface area contributed by atoms with Crippen molar-refractivity contribution in [2.75, 3.05) is 20.8 Å². The number of hydrogen-bond donors (Lipinski definition) is 0. The standard InChI is InChI=1S/C19H20ClNO2/c1-22-17-7-6-12-8-9-21-11-13-4-3-5-15(20)14(13)10-16(21)18(12)19(17)23-2/h3-7,16H,8-11H2,1-2H3. The second-order valence-electron chi connectivity index (χ2n) is 6.19. The van der Waals surface area contributed by atoms with Gasteiger partial charge in [0, 0.05) is 29.7 Å². The van der Waals surface area contributed by atoms with E-state index in [9.17, 15) is 0 Å². The van der Waals surface area contributed by atoms with E-state index in [0.717, 1.165) is 42.5 Å². The van der Waals surface area contributed by atoms with E-state index in [1.54, 1.807) is 14.2 Å². The quantitative estimate of drug-likeness (QED) is 0.831. The number of methoxy groups -OCH3 is 2. The number of ether oxygens (including phenoxy) is 2. The van der Waals surface area contributed by atoms with Gasteiger partial charge in [0.15, 0.2) is 11.5 Å². The normalized spacial score (nSPS) is 19.5. The molecule has 0 spiro atoms. The highest BCUT2D eigenvalue weighted by Gasteiger charge is 2.35. The molecule has 0 radical (unpaired) electrons. The average Bonchev–Trinajstić information content (AvgIpc) is 2.59. The Balaban J connectivity index is 1.85. The van der Waals surface area contributed by atoms with Crippen molar-refractivity contribution in [2.45, 2.75) is 25.4 Å². The largest absolute Gasteiger partial charge is 0.493 e. The Kier molecular flexibility index (Phi) is 3.70. The summed E-state index contributed by atoms with van der Waals surface area (Å²) in [6.45, 7) is 2.01. The second kappa shape index (κ2) is 5.73. The summed E-state index contributed by atoms with van der Waals surface area (Å²) < 4.78 is 11.2. The molecular weight excluding hydrogens is 310 g/mol. The molecule has 0 amide bonds. The molecule has 1 unspecified atom stereocenters. The van der Waals surface area contributed by atoms with Crippen molar-refractivity contribution in [1.29, 1.82) is 0 Å². The van der Waals surface area contributed by atoms with Crippen LogP contribution in [0.3, 0.4) is 0 Å². The van der Waals surface area contributed by atoms with Gasteiger partial charge in [-0.1, -0.05) is 29.8 Å². The Morgan fingerprint density at radius 2 is 1.96 bits per heavy atom. The maximum Gasteiger partial charge on any atom is 0.165 e. The number of benzene rings is 2. The number of halogens is 1. The van der Waals surface area contributed by atoms with Gasteiger partial charge in [-0.3, -0.25) is 4.90 Å². The van der Waals surface area contributed by atoms with Gasteiger partial charge in [0.25, 0.3) is 0 Å². The molecule has 0 N–H and O–H groups in total. The Hall–Kier alpha value is -1.71. The molecular formula is C19H20ClNO2. The Labute approximate surface area is 141 Å². The van der Waals surface area contributed by atoms with Crippen LogP contribution >= 0.6 is 11.6 Å². The predicted molar refractivity (Wildman–Crippen MR) is 91.6 cm³/mol. The smallest absolute Gasteiger partial charge is 0.165 e. The first kappa shape index (κ1) is 14.9. The summed E-state index contributed by atoms with van der Waals surface area (Å²) in [5.41, 5.74) is 5.25. The van der Waals surface area contributed by atoms with Crippen molar-refractivity contribution in [3.8, 4) is 11.5 Å². The molecule has 0 aromatic heterocycles. The topological polar surface area (TPSA) is 21.7 Å². The first-order valence-corrected chi connectivity index (χ1v) is 8.34. The third-order valence-electron chi connectivity index (χ3n) is 5.10. The van der Waals surface area contributed by atoms with Crippen LogP contribution in [-0.2, 0) is 19.4 Å². The predicted octanol–water partition coefficient (Wildman–Crippen LogP) is 4.01. The fourth-order valence-corrected chi connectivity index (χ4v) is 4.26. The molecule has 2 aromatic carbocycles. The summed E-state index contributed by atoms with van der Waals surface area (Å²) in [5, 5.41) is 0.871. The van der Waals surface area contributed by atoms with Crippen LogP contribution in [0, 0.1) is 0 Å². The van der Waals surface area contributed by atoms with Crippen molar-refractivity contribution in [3.05, 3.63) is 57.6 Å². The van der Waals surface area contributed by atoms with Crippen molar-refractivity contribution in [2.24, 2.45) is 0 Å². The molecule has 4 heteroatoms. The maximum absolute atomic E-state index is 6.46. The van der Waals surface area contributed by atoms with Crippen LogP contribution < -0.4 is 9.47 Å². The summed E-state index contributed by atoms with van der Waals surface area (Å²) >= 11 is 6.46. The van der Waals surface area contributed by atoms with E-state index in [1.807, 2.05) is 18.2 Å². The first-order chi connectivity index (χ1) is 11.2. The molecule has 0 saturated carbocycles. The molecule has 4 rings (SSSR count). The molecule has 2 aliphatic heterocycles. The van der Waals surface area contributed by atoms with Gasteiger partial charge in [0.05, 0.1) is 14.2 Å². The van der Waals surface area contributed by atoms with E-state index in [0.29, 0.717) is 6.04 Å². The zero-order chi connectivity index (χ0) is 16.0. The Morgan fingerprint density at radius 1 is 1.09 bits per heavy atom. The molecule has 0 aliphatic carbocycles. The average molecular weight is 330 g/mol. The van der Waals surface area contributed by atoms with Gasteiger partial charge in [-0.25, -0.2) is 0 Å². The molecule has 0 saturated heterocycles. The van der Waals surface area contributed by atoms with Gasteiger partial charge in [-0.15, -0.1) is 0 Å². The lowest BCUT2D eigenvalue weighted by Gasteiger charge is -2.42. The van der Waals surface area contributed by atoms with E-state index < -0.39 is 0 Å². The lowest BCUT2D eigenvalue weighted by atomic mass is 9.83. The maximum atomic E-state index is 6.46. The first-order valence-electron chi connectivity index (χ1n) is 7.97. The molecule has 0 fully saturated rings. The van der Waals surface area contributed by atoms with Crippen LogP contribution in [0.2, 0.25) is 5.02 Å². The van der Waals surface area contributed by atoms with Crippen LogP contribution in [0.4, 0.5) is 0 Å². The van der Waals surface area contributed by atoms with E-state index in [4.69, 9.17) is 21.1 Å².